The number of halogens is 3. The largest absolute Gasteiger partial charge is 0.478 e. The minimum Gasteiger partial charge on any atom is -0.478 e. The summed E-state index contributed by atoms with van der Waals surface area (Å²) in [6.07, 6.45) is 0.597. The van der Waals surface area contributed by atoms with Gasteiger partial charge in [-0.05, 0) is 23.7 Å². The van der Waals surface area contributed by atoms with Gasteiger partial charge in [0.2, 0.25) is 0 Å². The van der Waals surface area contributed by atoms with Crippen LogP contribution in [-0.4, -0.2) is 11.1 Å². The van der Waals surface area contributed by atoms with E-state index in [0.29, 0.717) is 12.1 Å². The van der Waals surface area contributed by atoms with Crippen LogP contribution in [-0.2, 0) is 4.79 Å². The molecule has 0 saturated heterocycles. The van der Waals surface area contributed by atoms with E-state index in [1.807, 2.05) is 0 Å². The second-order valence-corrected chi connectivity index (χ2v) is 2.79. The lowest BCUT2D eigenvalue weighted by Gasteiger charge is -2.00. The zero-order valence-electron chi connectivity index (χ0n) is 8.06. The fraction of sp³-hybridized carbons (Fsp3) is 0. The highest BCUT2D eigenvalue weighted by Crippen LogP contribution is 2.18. The molecule has 1 rings (SSSR count). The molecule has 1 aromatic carbocycles. The Morgan fingerprint density at radius 1 is 1.35 bits per heavy atom. The third-order valence-corrected chi connectivity index (χ3v) is 1.73. The summed E-state index contributed by atoms with van der Waals surface area (Å²) in [4.78, 5) is 12.7. The van der Waals surface area contributed by atoms with Gasteiger partial charge in [0, 0.05) is 10.5 Å². The molecule has 8 heteroatoms. The molecule has 0 saturated carbocycles. The number of aliphatic carboxylic acids is 1. The van der Waals surface area contributed by atoms with Crippen molar-refractivity contribution in [3.63, 3.8) is 0 Å². The molecule has 0 aliphatic rings. The van der Waals surface area contributed by atoms with Crippen molar-refractivity contribution in [1.82, 2.24) is 0 Å². The van der Waals surface area contributed by atoms with Crippen molar-refractivity contribution in [3.05, 3.63) is 51.3 Å². The maximum atomic E-state index is 13.1. The molecule has 0 radical (unpaired) electrons. The van der Waals surface area contributed by atoms with Crippen molar-refractivity contribution in [3.8, 4) is 0 Å². The van der Waals surface area contributed by atoms with Crippen LogP contribution in [0.2, 0.25) is 0 Å². The average Bonchev–Trinajstić information content (AvgIpc) is 2.28. The second-order valence-electron chi connectivity index (χ2n) is 2.79. The van der Waals surface area contributed by atoms with Crippen LogP contribution < -0.4 is 0 Å². The number of hydrogen-bond donors (Lipinski definition) is 1. The Kier molecular flexibility index (Phi) is 3.74. The number of hydrogen-bond acceptors (Lipinski definition) is 2. The Bertz CT molecular complexity index is 547. The average molecular weight is 243 g/mol. The summed E-state index contributed by atoms with van der Waals surface area (Å²) in [6, 6.07) is 1.45. The van der Waals surface area contributed by atoms with E-state index in [-0.39, 0.29) is 0 Å². The lowest BCUT2D eigenvalue weighted by Crippen LogP contribution is -1.99. The van der Waals surface area contributed by atoms with Gasteiger partial charge in [0.25, 0.3) is 0 Å². The molecule has 0 amide bonds. The maximum Gasteiger partial charge on any atom is 0.338 e. The summed E-state index contributed by atoms with van der Waals surface area (Å²) < 4.78 is 38.5. The summed E-state index contributed by atoms with van der Waals surface area (Å²) in [5.74, 6) is -6.31. The van der Waals surface area contributed by atoms with Gasteiger partial charge in [-0.3, -0.25) is 0 Å². The van der Waals surface area contributed by atoms with Gasteiger partial charge >= 0.3 is 5.97 Å². The summed E-state index contributed by atoms with van der Waals surface area (Å²) in [5.41, 5.74) is 6.69. The minimum atomic E-state index is -1.73. The van der Waals surface area contributed by atoms with E-state index in [0.717, 1.165) is 6.07 Å². The van der Waals surface area contributed by atoms with Gasteiger partial charge in [0.15, 0.2) is 17.5 Å². The van der Waals surface area contributed by atoms with E-state index in [1.54, 1.807) is 0 Å². The Balaban J connectivity index is 3.35. The first-order chi connectivity index (χ1) is 7.97. The van der Waals surface area contributed by atoms with Crippen LogP contribution in [0.4, 0.5) is 13.2 Å². The topological polar surface area (TPSA) is 86.1 Å². The maximum absolute atomic E-state index is 13.1. The van der Waals surface area contributed by atoms with Gasteiger partial charge in [-0.2, -0.15) is 0 Å². The van der Waals surface area contributed by atoms with E-state index in [2.05, 4.69) is 10.0 Å². The predicted octanol–water partition coefficient (Wildman–Crippen LogP) is 2.84. The number of carbonyl (C=O) groups is 1. The molecule has 0 unspecified atom stereocenters. The molecule has 0 heterocycles. The highest BCUT2D eigenvalue weighted by Gasteiger charge is 2.13. The van der Waals surface area contributed by atoms with Gasteiger partial charge in [0.05, 0.1) is 0 Å². The van der Waals surface area contributed by atoms with E-state index in [9.17, 15) is 18.0 Å². The van der Waals surface area contributed by atoms with Crippen LogP contribution in [0, 0.1) is 17.5 Å². The smallest absolute Gasteiger partial charge is 0.338 e. The fourth-order valence-electron chi connectivity index (χ4n) is 0.981. The Labute approximate surface area is 92.4 Å². The molecule has 0 spiro atoms. The number of rotatable bonds is 3. The zero-order valence-corrected chi connectivity index (χ0v) is 8.06. The normalized spacial score (nSPS) is 10.9. The Hall–Kier alpha value is -2.47. The predicted molar refractivity (Wildman–Crippen MR) is 51.1 cm³/mol. The number of nitrogens with zero attached hydrogens (tertiary/aromatic N) is 3. The van der Waals surface area contributed by atoms with Crippen LogP contribution in [0.1, 0.15) is 5.56 Å². The molecule has 1 N–H and O–H groups in total. The molecule has 1 aromatic rings. The van der Waals surface area contributed by atoms with Crippen LogP contribution in [0.15, 0.2) is 22.9 Å². The van der Waals surface area contributed by atoms with E-state index < -0.39 is 34.7 Å². The number of carboxylic acids is 1. The number of carboxylic acid groups (broad SMARTS) is 1. The molecule has 0 fully saturated rings. The number of azide groups is 1. The molecule has 0 aliphatic heterocycles. The summed E-state index contributed by atoms with van der Waals surface area (Å²) in [5, 5.41) is 11.3. The lowest BCUT2D eigenvalue weighted by molar-refractivity contribution is -0.132. The van der Waals surface area contributed by atoms with Gasteiger partial charge in [-0.25, -0.2) is 18.0 Å². The molecule has 0 atom stereocenters. The standard InChI is InChI=1S/C9H4F3N3O2/c10-5-2-1-4(7(11)8(5)12)3-6(9(16)17)14-15-13/h1-3H,(H,16,17)/b6-3-. The highest BCUT2D eigenvalue weighted by molar-refractivity contribution is 5.91. The summed E-state index contributed by atoms with van der Waals surface area (Å²) in [6.45, 7) is 0. The number of benzene rings is 1. The van der Waals surface area contributed by atoms with Crippen LogP contribution in [0.25, 0.3) is 16.5 Å². The third-order valence-electron chi connectivity index (χ3n) is 1.73. The van der Waals surface area contributed by atoms with Gasteiger partial charge in [0.1, 0.15) is 5.70 Å². The van der Waals surface area contributed by atoms with Crippen molar-refractivity contribution in [2.24, 2.45) is 5.11 Å². The molecule has 88 valence electrons. The third kappa shape index (κ3) is 2.76. The van der Waals surface area contributed by atoms with Gasteiger partial charge < -0.3 is 5.11 Å². The SMILES string of the molecule is [N-]=[N+]=N/C(=C\c1ccc(F)c(F)c1F)C(=O)O. The molecule has 0 aliphatic carbocycles. The lowest BCUT2D eigenvalue weighted by atomic mass is 10.1. The Morgan fingerprint density at radius 2 is 2.00 bits per heavy atom. The van der Waals surface area contributed by atoms with Crippen molar-refractivity contribution >= 4 is 12.0 Å². The van der Waals surface area contributed by atoms with E-state index >= 15 is 0 Å². The Morgan fingerprint density at radius 3 is 2.53 bits per heavy atom. The zero-order chi connectivity index (χ0) is 13.0. The van der Waals surface area contributed by atoms with Crippen molar-refractivity contribution in [2.75, 3.05) is 0 Å². The summed E-state index contributed by atoms with van der Waals surface area (Å²) in [7, 11) is 0. The van der Waals surface area contributed by atoms with Gasteiger partial charge in [-0.1, -0.05) is 5.11 Å². The first-order valence-corrected chi connectivity index (χ1v) is 4.11. The van der Waals surface area contributed by atoms with Gasteiger partial charge in [-0.15, -0.1) is 0 Å². The molecular formula is C9H4F3N3O2. The first-order valence-electron chi connectivity index (χ1n) is 4.11. The van der Waals surface area contributed by atoms with Crippen molar-refractivity contribution < 1.29 is 23.1 Å². The first kappa shape index (κ1) is 12.6. The molecule has 17 heavy (non-hydrogen) atoms. The van der Waals surface area contributed by atoms with E-state index in [4.69, 9.17) is 10.6 Å². The molecule has 5 nitrogen and oxygen atoms in total. The quantitative estimate of drug-likeness (QED) is 0.291. The highest BCUT2D eigenvalue weighted by atomic mass is 19.2. The second kappa shape index (κ2) is 5.04. The van der Waals surface area contributed by atoms with Crippen molar-refractivity contribution in [1.29, 1.82) is 0 Å². The molecule has 0 bridgehead atoms. The molecular weight excluding hydrogens is 239 g/mol. The van der Waals surface area contributed by atoms with Crippen LogP contribution in [0.5, 0.6) is 0 Å². The van der Waals surface area contributed by atoms with Crippen LogP contribution >= 0.6 is 0 Å². The van der Waals surface area contributed by atoms with Crippen molar-refractivity contribution in [2.45, 2.75) is 0 Å². The fourth-order valence-corrected chi connectivity index (χ4v) is 0.981. The van der Waals surface area contributed by atoms with Crippen LogP contribution in [0.3, 0.4) is 0 Å². The van der Waals surface area contributed by atoms with E-state index in [1.165, 1.54) is 0 Å². The monoisotopic (exact) mass is 243 g/mol. The minimum absolute atomic E-state index is 0.534. The summed E-state index contributed by atoms with van der Waals surface area (Å²) >= 11 is 0. The molecule has 0 aromatic heterocycles.